The molecule has 0 spiro atoms. The number of nitrogen functional groups attached to an aromatic ring is 1. The molecule has 1 unspecified atom stereocenters. The fraction of sp³-hybridized carbons (Fsp3) is 0.286. The molecule has 5 nitrogen and oxygen atoms in total. The third-order valence-corrected chi connectivity index (χ3v) is 2.66. The number of aromatic nitrogens is 4. The Balaban J connectivity index is 2.28. The van der Waals surface area contributed by atoms with Crippen molar-refractivity contribution < 1.29 is 0 Å². The van der Waals surface area contributed by atoms with Gasteiger partial charge in [-0.3, -0.25) is 4.68 Å². The Morgan fingerprint density at radius 2 is 2.38 bits per heavy atom. The maximum absolute atomic E-state index is 5.49. The fourth-order valence-corrected chi connectivity index (χ4v) is 1.69. The smallest absolute Gasteiger partial charge is 0.203 e. The largest absolute Gasteiger partial charge is 0.374 e. The van der Waals surface area contributed by atoms with Gasteiger partial charge in [-0.15, -0.1) is 10.2 Å². The Kier molecular flexibility index (Phi) is 1.97. The van der Waals surface area contributed by atoms with E-state index in [1.807, 2.05) is 23.9 Å². The molecule has 0 aliphatic carbocycles. The van der Waals surface area contributed by atoms with Crippen LogP contribution in [0, 0.1) is 0 Å². The molecule has 2 rings (SSSR count). The van der Waals surface area contributed by atoms with Gasteiger partial charge in [-0.1, -0.05) is 11.3 Å². The summed E-state index contributed by atoms with van der Waals surface area (Å²) < 4.78 is 1.82. The zero-order valence-corrected chi connectivity index (χ0v) is 7.90. The van der Waals surface area contributed by atoms with Gasteiger partial charge in [0.25, 0.3) is 0 Å². The first-order valence-electron chi connectivity index (χ1n) is 3.85. The lowest BCUT2D eigenvalue weighted by molar-refractivity contribution is 0.557. The molecule has 0 aliphatic heterocycles. The Hall–Kier alpha value is -1.43. The molecule has 0 fully saturated rings. The second-order valence-corrected chi connectivity index (χ2v) is 3.68. The predicted molar refractivity (Wildman–Crippen MR) is 50.4 cm³/mol. The number of hydrogen-bond acceptors (Lipinski definition) is 5. The highest BCUT2D eigenvalue weighted by Crippen LogP contribution is 2.21. The average Bonchev–Trinajstić information content (AvgIpc) is 2.72. The molecule has 0 saturated heterocycles. The van der Waals surface area contributed by atoms with Gasteiger partial charge in [-0.25, -0.2) is 0 Å². The van der Waals surface area contributed by atoms with Crippen LogP contribution in [0.3, 0.4) is 0 Å². The Bertz CT molecular complexity index is 379. The minimum atomic E-state index is 0.102. The van der Waals surface area contributed by atoms with Crippen molar-refractivity contribution in [2.24, 2.45) is 0 Å². The van der Waals surface area contributed by atoms with E-state index in [1.165, 1.54) is 11.3 Å². The number of hydrogen-bond donors (Lipinski definition) is 1. The van der Waals surface area contributed by atoms with Crippen LogP contribution in [-0.4, -0.2) is 20.0 Å². The summed E-state index contributed by atoms with van der Waals surface area (Å²) in [6, 6.07) is 1.98. The predicted octanol–water partition coefficient (Wildman–Crippen LogP) is 0.926. The second-order valence-electron chi connectivity index (χ2n) is 2.64. The lowest BCUT2D eigenvalue weighted by Gasteiger charge is -2.06. The molecule has 0 aliphatic rings. The summed E-state index contributed by atoms with van der Waals surface area (Å²) in [6.07, 6.45) is 3.63. The first-order chi connectivity index (χ1) is 6.27. The van der Waals surface area contributed by atoms with Crippen molar-refractivity contribution >= 4 is 16.5 Å². The van der Waals surface area contributed by atoms with Gasteiger partial charge in [0, 0.05) is 12.4 Å². The highest BCUT2D eigenvalue weighted by Gasteiger charge is 2.12. The summed E-state index contributed by atoms with van der Waals surface area (Å²) in [5.74, 6) is 0. The molecule has 2 aromatic rings. The maximum Gasteiger partial charge on any atom is 0.203 e. The van der Waals surface area contributed by atoms with Crippen molar-refractivity contribution in [2.75, 3.05) is 5.73 Å². The molecular formula is C7H9N5S. The highest BCUT2D eigenvalue weighted by molar-refractivity contribution is 7.15. The maximum atomic E-state index is 5.49. The van der Waals surface area contributed by atoms with Crippen molar-refractivity contribution in [1.82, 2.24) is 20.0 Å². The molecule has 68 valence electrons. The number of nitrogens with two attached hydrogens (primary N) is 1. The minimum Gasteiger partial charge on any atom is -0.374 e. The standard InChI is InChI=1S/C7H9N5S/c1-5(12-4-2-3-9-12)6-10-11-7(8)13-6/h2-5H,1H3,(H2,8,11). The van der Waals surface area contributed by atoms with E-state index in [4.69, 9.17) is 5.73 Å². The summed E-state index contributed by atoms with van der Waals surface area (Å²) in [5.41, 5.74) is 5.49. The Morgan fingerprint density at radius 1 is 1.54 bits per heavy atom. The molecule has 2 heterocycles. The Labute approximate surface area is 79.2 Å². The van der Waals surface area contributed by atoms with E-state index < -0.39 is 0 Å². The van der Waals surface area contributed by atoms with Gasteiger partial charge in [0.15, 0.2) is 0 Å². The fourth-order valence-electron chi connectivity index (χ4n) is 1.04. The molecule has 0 bridgehead atoms. The number of nitrogens with zero attached hydrogens (tertiary/aromatic N) is 4. The van der Waals surface area contributed by atoms with Crippen molar-refractivity contribution in [3.8, 4) is 0 Å². The van der Waals surface area contributed by atoms with Crippen LogP contribution in [0.15, 0.2) is 18.5 Å². The first-order valence-corrected chi connectivity index (χ1v) is 4.67. The van der Waals surface area contributed by atoms with E-state index >= 15 is 0 Å². The molecule has 13 heavy (non-hydrogen) atoms. The van der Waals surface area contributed by atoms with E-state index in [-0.39, 0.29) is 6.04 Å². The molecule has 1 atom stereocenters. The van der Waals surface area contributed by atoms with Crippen LogP contribution < -0.4 is 5.73 Å². The highest BCUT2D eigenvalue weighted by atomic mass is 32.1. The second kappa shape index (κ2) is 3.14. The third-order valence-electron chi connectivity index (χ3n) is 1.74. The third kappa shape index (κ3) is 1.52. The summed E-state index contributed by atoms with van der Waals surface area (Å²) >= 11 is 1.39. The van der Waals surface area contributed by atoms with Crippen LogP contribution in [0.5, 0.6) is 0 Å². The van der Waals surface area contributed by atoms with Gasteiger partial charge in [0.2, 0.25) is 5.13 Å². The first kappa shape index (κ1) is 8.18. The lowest BCUT2D eigenvalue weighted by Crippen LogP contribution is -2.06. The van der Waals surface area contributed by atoms with E-state index in [0.29, 0.717) is 5.13 Å². The quantitative estimate of drug-likeness (QED) is 0.773. The molecule has 0 amide bonds. The van der Waals surface area contributed by atoms with Crippen LogP contribution >= 0.6 is 11.3 Å². The topological polar surface area (TPSA) is 69.6 Å². The van der Waals surface area contributed by atoms with Gasteiger partial charge in [0.1, 0.15) is 11.0 Å². The summed E-state index contributed by atoms with van der Waals surface area (Å²) in [5, 5.41) is 13.2. The van der Waals surface area contributed by atoms with Gasteiger partial charge in [0.05, 0.1) is 0 Å². The van der Waals surface area contributed by atoms with E-state index in [0.717, 1.165) is 5.01 Å². The van der Waals surface area contributed by atoms with Gasteiger partial charge in [-0.2, -0.15) is 5.10 Å². The van der Waals surface area contributed by atoms with Gasteiger partial charge in [-0.05, 0) is 13.0 Å². The summed E-state index contributed by atoms with van der Waals surface area (Å²) in [7, 11) is 0. The summed E-state index contributed by atoms with van der Waals surface area (Å²) in [4.78, 5) is 0. The lowest BCUT2D eigenvalue weighted by atomic mass is 10.4. The zero-order chi connectivity index (χ0) is 9.26. The molecule has 0 aromatic carbocycles. The van der Waals surface area contributed by atoms with Crippen LogP contribution in [0.25, 0.3) is 0 Å². The molecule has 2 aromatic heterocycles. The molecule has 0 radical (unpaired) electrons. The van der Waals surface area contributed by atoms with Gasteiger partial charge >= 0.3 is 0 Å². The van der Waals surface area contributed by atoms with E-state index in [1.54, 1.807) is 6.20 Å². The van der Waals surface area contributed by atoms with E-state index in [2.05, 4.69) is 15.3 Å². The molecule has 2 N–H and O–H groups in total. The SMILES string of the molecule is CC(c1nnc(N)s1)n1cccn1. The molecular weight excluding hydrogens is 186 g/mol. The van der Waals surface area contributed by atoms with Crippen LogP contribution in [0.1, 0.15) is 18.0 Å². The van der Waals surface area contributed by atoms with Crippen molar-refractivity contribution in [1.29, 1.82) is 0 Å². The monoisotopic (exact) mass is 195 g/mol. The van der Waals surface area contributed by atoms with Crippen molar-refractivity contribution in [2.45, 2.75) is 13.0 Å². The summed E-state index contributed by atoms with van der Waals surface area (Å²) in [6.45, 7) is 2.01. The van der Waals surface area contributed by atoms with Crippen molar-refractivity contribution in [3.05, 3.63) is 23.5 Å². The minimum absolute atomic E-state index is 0.102. The average molecular weight is 195 g/mol. The normalized spacial score (nSPS) is 13.0. The number of rotatable bonds is 2. The molecule has 6 heteroatoms. The van der Waals surface area contributed by atoms with Crippen LogP contribution in [-0.2, 0) is 0 Å². The number of anilines is 1. The zero-order valence-electron chi connectivity index (χ0n) is 7.08. The van der Waals surface area contributed by atoms with Gasteiger partial charge < -0.3 is 5.73 Å². The van der Waals surface area contributed by atoms with Crippen molar-refractivity contribution in [3.63, 3.8) is 0 Å². The van der Waals surface area contributed by atoms with E-state index in [9.17, 15) is 0 Å². The molecule has 0 saturated carbocycles. The van der Waals surface area contributed by atoms with Crippen LogP contribution in [0.2, 0.25) is 0 Å². The van der Waals surface area contributed by atoms with Crippen LogP contribution in [0.4, 0.5) is 5.13 Å². The Morgan fingerprint density at radius 3 is 2.92 bits per heavy atom.